The van der Waals surface area contributed by atoms with Crippen LogP contribution >= 0.6 is 0 Å². The summed E-state index contributed by atoms with van der Waals surface area (Å²) in [5, 5.41) is 13.7. The van der Waals surface area contributed by atoms with Crippen molar-refractivity contribution >= 4 is 0 Å². The van der Waals surface area contributed by atoms with Gasteiger partial charge in [0.1, 0.15) is 5.76 Å². The number of hydrogen-bond donors (Lipinski definition) is 1. The van der Waals surface area contributed by atoms with E-state index in [1.165, 1.54) is 5.56 Å². The lowest BCUT2D eigenvalue weighted by atomic mass is 9.90. The van der Waals surface area contributed by atoms with Crippen molar-refractivity contribution in [1.29, 1.82) is 0 Å². The summed E-state index contributed by atoms with van der Waals surface area (Å²) >= 11 is 0. The smallest absolute Gasteiger partial charge is 0.146 e. The first-order valence-corrected chi connectivity index (χ1v) is 7.71. The number of aromatic nitrogens is 1. The molecule has 0 amide bonds. The Morgan fingerprint density at radius 2 is 1.91 bits per heavy atom. The third kappa shape index (κ3) is 4.18. The third-order valence-electron chi connectivity index (χ3n) is 3.89. The molecule has 4 nitrogen and oxygen atoms in total. The molecule has 0 saturated heterocycles. The van der Waals surface area contributed by atoms with Crippen molar-refractivity contribution < 1.29 is 9.63 Å². The minimum Gasteiger partial charge on any atom is -0.395 e. The first-order chi connectivity index (χ1) is 10.4. The number of aliphatic hydroxyl groups is 1. The molecule has 2 rings (SSSR count). The molecule has 1 unspecified atom stereocenters. The highest BCUT2D eigenvalue weighted by Gasteiger charge is 2.25. The van der Waals surface area contributed by atoms with Crippen molar-refractivity contribution in [3.8, 4) is 0 Å². The summed E-state index contributed by atoms with van der Waals surface area (Å²) in [4.78, 5) is 2.16. The van der Waals surface area contributed by atoms with Gasteiger partial charge in [-0.15, -0.1) is 0 Å². The lowest BCUT2D eigenvalue weighted by molar-refractivity contribution is 0.140. The molecule has 0 bridgehead atoms. The van der Waals surface area contributed by atoms with Crippen molar-refractivity contribution in [2.45, 2.75) is 45.2 Å². The molecule has 0 radical (unpaired) electrons. The Labute approximate surface area is 132 Å². The van der Waals surface area contributed by atoms with Gasteiger partial charge in [-0.25, -0.2) is 0 Å². The summed E-state index contributed by atoms with van der Waals surface area (Å²) in [6.45, 7) is 7.19. The number of aliphatic hydroxyl groups excluding tert-OH is 1. The van der Waals surface area contributed by atoms with Gasteiger partial charge >= 0.3 is 0 Å². The van der Waals surface area contributed by atoms with Crippen LogP contribution in [0.3, 0.4) is 0 Å². The fourth-order valence-electron chi connectivity index (χ4n) is 2.63. The zero-order valence-corrected chi connectivity index (χ0v) is 13.9. The van der Waals surface area contributed by atoms with Gasteiger partial charge in [0.2, 0.25) is 0 Å². The van der Waals surface area contributed by atoms with Gasteiger partial charge in [-0.1, -0.05) is 56.3 Å². The second kappa shape index (κ2) is 7.07. The fraction of sp³-hybridized carbons (Fsp3) is 0.500. The molecular weight excluding hydrogens is 276 g/mol. The summed E-state index contributed by atoms with van der Waals surface area (Å²) < 4.78 is 5.42. The monoisotopic (exact) mass is 302 g/mol. The molecule has 0 aliphatic heterocycles. The molecule has 1 aromatic heterocycles. The zero-order valence-electron chi connectivity index (χ0n) is 13.9. The van der Waals surface area contributed by atoms with Crippen LogP contribution in [-0.2, 0) is 18.4 Å². The molecule has 1 atom stereocenters. The van der Waals surface area contributed by atoms with E-state index in [4.69, 9.17) is 4.52 Å². The highest BCUT2D eigenvalue weighted by molar-refractivity contribution is 5.21. The van der Waals surface area contributed by atoms with Gasteiger partial charge in [-0.05, 0) is 19.0 Å². The van der Waals surface area contributed by atoms with Crippen LogP contribution in [0, 0.1) is 0 Å². The Kier molecular flexibility index (Phi) is 5.37. The molecule has 0 saturated carbocycles. The van der Waals surface area contributed by atoms with Gasteiger partial charge in [0, 0.05) is 23.6 Å². The quantitative estimate of drug-likeness (QED) is 0.891. The van der Waals surface area contributed by atoms with Crippen LogP contribution in [0.5, 0.6) is 0 Å². The average Bonchev–Trinajstić information content (AvgIpc) is 2.94. The second-order valence-corrected chi connectivity index (χ2v) is 6.87. The number of nitrogens with zero attached hydrogens (tertiary/aromatic N) is 2. The standard InChI is InChI=1S/C18H26N2O2/c1-18(2,3)17-15(11-19-22-17)12-20(4)16(13-21)10-14-8-6-5-7-9-14/h5-9,11,16,21H,10,12-13H2,1-4H3. The van der Waals surface area contributed by atoms with Crippen LogP contribution in [0.25, 0.3) is 0 Å². The molecule has 1 N–H and O–H groups in total. The van der Waals surface area contributed by atoms with E-state index in [9.17, 15) is 5.11 Å². The maximum absolute atomic E-state index is 9.73. The second-order valence-electron chi connectivity index (χ2n) is 6.87. The summed E-state index contributed by atoms with van der Waals surface area (Å²) in [6.07, 6.45) is 2.61. The lowest BCUT2D eigenvalue weighted by Crippen LogP contribution is -2.36. The van der Waals surface area contributed by atoms with E-state index < -0.39 is 0 Å². The van der Waals surface area contributed by atoms with Gasteiger partial charge in [0.15, 0.2) is 0 Å². The van der Waals surface area contributed by atoms with Crippen molar-refractivity contribution in [1.82, 2.24) is 10.1 Å². The molecule has 120 valence electrons. The topological polar surface area (TPSA) is 49.5 Å². The van der Waals surface area contributed by atoms with Gasteiger partial charge in [0.25, 0.3) is 0 Å². The lowest BCUT2D eigenvalue weighted by Gasteiger charge is -2.27. The third-order valence-corrected chi connectivity index (χ3v) is 3.89. The minimum atomic E-state index is -0.0686. The van der Waals surface area contributed by atoms with Crippen LogP contribution < -0.4 is 0 Å². The van der Waals surface area contributed by atoms with Gasteiger partial charge in [-0.2, -0.15) is 0 Å². The van der Waals surface area contributed by atoms with Gasteiger partial charge in [0.05, 0.1) is 12.8 Å². The average molecular weight is 302 g/mol. The molecule has 1 heterocycles. The molecule has 0 aliphatic rings. The highest BCUT2D eigenvalue weighted by atomic mass is 16.5. The number of hydrogen-bond acceptors (Lipinski definition) is 4. The number of likely N-dealkylation sites (N-methyl/N-ethyl adjacent to an activating group) is 1. The van der Waals surface area contributed by atoms with Crippen molar-refractivity contribution in [3.05, 3.63) is 53.4 Å². The largest absolute Gasteiger partial charge is 0.395 e. The van der Waals surface area contributed by atoms with E-state index in [-0.39, 0.29) is 18.1 Å². The fourth-order valence-corrected chi connectivity index (χ4v) is 2.63. The summed E-state index contributed by atoms with van der Waals surface area (Å²) in [5.41, 5.74) is 2.25. The summed E-state index contributed by atoms with van der Waals surface area (Å²) in [5.74, 6) is 0.913. The Morgan fingerprint density at radius 3 is 2.50 bits per heavy atom. The summed E-state index contributed by atoms with van der Waals surface area (Å²) in [7, 11) is 2.03. The first-order valence-electron chi connectivity index (χ1n) is 7.71. The normalized spacial score (nSPS) is 13.5. The Hall–Kier alpha value is -1.65. The SMILES string of the molecule is CN(Cc1cnoc1C(C)(C)C)C(CO)Cc1ccccc1. The highest BCUT2D eigenvalue weighted by Crippen LogP contribution is 2.26. The summed E-state index contributed by atoms with van der Waals surface area (Å²) in [6, 6.07) is 10.3. The van der Waals surface area contributed by atoms with Crippen LogP contribution in [0.15, 0.2) is 41.1 Å². The van der Waals surface area contributed by atoms with E-state index in [0.29, 0.717) is 6.54 Å². The van der Waals surface area contributed by atoms with Crippen molar-refractivity contribution in [2.24, 2.45) is 0 Å². The van der Waals surface area contributed by atoms with E-state index in [0.717, 1.165) is 17.7 Å². The Morgan fingerprint density at radius 1 is 1.23 bits per heavy atom. The molecule has 0 fully saturated rings. The van der Waals surface area contributed by atoms with Crippen LogP contribution in [0.2, 0.25) is 0 Å². The predicted molar refractivity (Wildman–Crippen MR) is 87.7 cm³/mol. The molecule has 0 aliphatic carbocycles. The van der Waals surface area contributed by atoms with Crippen molar-refractivity contribution in [2.75, 3.05) is 13.7 Å². The Balaban J connectivity index is 2.07. The van der Waals surface area contributed by atoms with E-state index in [2.05, 4.69) is 43.0 Å². The predicted octanol–water partition coefficient (Wildman–Crippen LogP) is 3.01. The number of benzene rings is 1. The van der Waals surface area contributed by atoms with E-state index >= 15 is 0 Å². The minimum absolute atomic E-state index is 0.0686. The van der Waals surface area contributed by atoms with E-state index in [1.807, 2.05) is 25.2 Å². The molecule has 4 heteroatoms. The van der Waals surface area contributed by atoms with Gasteiger partial charge < -0.3 is 9.63 Å². The molecule has 1 aromatic carbocycles. The van der Waals surface area contributed by atoms with E-state index in [1.54, 1.807) is 6.20 Å². The Bertz CT molecular complexity index is 572. The molecular formula is C18H26N2O2. The van der Waals surface area contributed by atoms with Crippen LogP contribution in [0.1, 0.15) is 37.7 Å². The van der Waals surface area contributed by atoms with Crippen LogP contribution in [-0.4, -0.2) is 34.9 Å². The van der Waals surface area contributed by atoms with Gasteiger partial charge in [-0.3, -0.25) is 4.90 Å². The molecule has 22 heavy (non-hydrogen) atoms. The number of rotatable bonds is 6. The maximum atomic E-state index is 9.73. The maximum Gasteiger partial charge on any atom is 0.146 e. The zero-order chi connectivity index (χ0) is 16.2. The first kappa shape index (κ1) is 16.7. The van der Waals surface area contributed by atoms with Crippen molar-refractivity contribution in [3.63, 3.8) is 0 Å². The molecule has 2 aromatic rings. The van der Waals surface area contributed by atoms with Crippen LogP contribution in [0.4, 0.5) is 0 Å². The molecule has 0 spiro atoms.